The Bertz CT molecular complexity index is 920. The maximum Gasteiger partial charge on any atom is 0.306 e. The zero-order chi connectivity index (χ0) is 30.1. The number of esters is 2. The van der Waals surface area contributed by atoms with Crippen molar-refractivity contribution in [3.05, 3.63) is 71.8 Å². The molecule has 6 heteroatoms. The van der Waals surface area contributed by atoms with E-state index in [0.717, 1.165) is 43.2 Å². The average Bonchev–Trinajstić information content (AvgIpc) is 2.91. The molecule has 2 N–H and O–H groups in total. The number of carbonyl (C=O) groups is 2. The van der Waals surface area contributed by atoms with E-state index in [1.165, 1.54) is 0 Å². The minimum absolute atomic E-state index is 0.184. The van der Waals surface area contributed by atoms with Crippen molar-refractivity contribution in [2.24, 2.45) is 10.8 Å². The predicted octanol–water partition coefficient (Wildman–Crippen LogP) is 7.54. The van der Waals surface area contributed by atoms with Crippen molar-refractivity contribution < 1.29 is 29.3 Å². The molecule has 2 aromatic rings. The number of benzene rings is 2. The van der Waals surface area contributed by atoms with Crippen LogP contribution in [0.1, 0.15) is 109 Å². The zero-order valence-corrected chi connectivity index (χ0v) is 25.6. The van der Waals surface area contributed by atoms with Gasteiger partial charge in [0.25, 0.3) is 0 Å². The highest BCUT2D eigenvalue weighted by Crippen LogP contribution is 2.30. The van der Waals surface area contributed by atoms with Crippen molar-refractivity contribution in [1.29, 1.82) is 0 Å². The summed E-state index contributed by atoms with van der Waals surface area (Å²) in [5, 5.41) is 20.8. The first kappa shape index (κ1) is 34.5. The monoisotopic (exact) mass is 568 g/mol. The first-order valence-corrected chi connectivity index (χ1v) is 15.2. The van der Waals surface area contributed by atoms with Gasteiger partial charge in [0.1, 0.15) is 13.2 Å². The van der Waals surface area contributed by atoms with Gasteiger partial charge in [-0.1, -0.05) is 101 Å². The maximum absolute atomic E-state index is 12.3. The third kappa shape index (κ3) is 16.4. The Balaban J connectivity index is 1.52. The molecule has 0 amide bonds. The molecule has 0 aromatic heterocycles. The highest BCUT2D eigenvalue weighted by molar-refractivity contribution is 5.70. The molecule has 2 aromatic carbocycles. The molecule has 0 aliphatic carbocycles. The molecule has 0 saturated heterocycles. The minimum Gasteiger partial charge on any atom is -0.461 e. The van der Waals surface area contributed by atoms with Crippen LogP contribution >= 0.6 is 0 Å². The molecule has 0 fully saturated rings. The predicted molar refractivity (Wildman–Crippen MR) is 163 cm³/mol. The summed E-state index contributed by atoms with van der Waals surface area (Å²) in [6, 6.07) is 19.3. The summed E-state index contributed by atoms with van der Waals surface area (Å²) in [6.45, 7) is 8.84. The number of hydrogen-bond acceptors (Lipinski definition) is 6. The van der Waals surface area contributed by atoms with Crippen molar-refractivity contribution >= 4 is 11.9 Å². The van der Waals surface area contributed by atoms with Crippen LogP contribution in [0.5, 0.6) is 0 Å². The van der Waals surface area contributed by atoms with E-state index in [1.807, 2.05) is 60.7 Å². The molecule has 2 atom stereocenters. The summed E-state index contributed by atoms with van der Waals surface area (Å²) >= 11 is 0. The minimum atomic E-state index is -0.399. The molecule has 0 saturated carbocycles. The third-order valence-electron chi connectivity index (χ3n) is 7.59. The second kappa shape index (κ2) is 18.0. The molecule has 0 aliphatic rings. The van der Waals surface area contributed by atoms with Crippen molar-refractivity contribution in [2.45, 2.75) is 124 Å². The second-order valence-corrected chi connectivity index (χ2v) is 13.0. The Morgan fingerprint density at radius 1 is 0.610 bits per heavy atom. The van der Waals surface area contributed by atoms with Crippen molar-refractivity contribution in [3.63, 3.8) is 0 Å². The Morgan fingerprint density at radius 2 is 0.951 bits per heavy atom. The lowest BCUT2D eigenvalue weighted by molar-refractivity contribution is -0.148. The van der Waals surface area contributed by atoms with Gasteiger partial charge < -0.3 is 19.7 Å². The standard InChI is InChI=1S/C35H52O6/c1-34(2,24-32(38)40-26-28-14-7-5-8-15-28)22-12-20-30(36)18-11-19-31(37)21-13-23-35(3,4)25-33(39)41-27-29-16-9-6-10-17-29/h5-10,14-17,30-31,36-37H,11-13,18-27H2,1-4H3. The topological polar surface area (TPSA) is 93.1 Å². The van der Waals surface area contributed by atoms with E-state index in [1.54, 1.807) is 0 Å². The van der Waals surface area contributed by atoms with Crippen LogP contribution in [-0.4, -0.2) is 34.4 Å². The van der Waals surface area contributed by atoms with Crippen LogP contribution in [0.4, 0.5) is 0 Å². The van der Waals surface area contributed by atoms with Gasteiger partial charge in [0.2, 0.25) is 0 Å². The maximum atomic E-state index is 12.3. The Kier molecular flexibility index (Phi) is 15.1. The summed E-state index contributed by atoms with van der Waals surface area (Å²) in [5.74, 6) is -0.389. The third-order valence-corrected chi connectivity index (χ3v) is 7.59. The molecule has 2 unspecified atom stereocenters. The highest BCUT2D eigenvalue weighted by atomic mass is 16.5. The van der Waals surface area contributed by atoms with Crippen molar-refractivity contribution in [3.8, 4) is 0 Å². The number of carbonyl (C=O) groups excluding carboxylic acids is 2. The highest BCUT2D eigenvalue weighted by Gasteiger charge is 2.24. The fourth-order valence-corrected chi connectivity index (χ4v) is 5.05. The lowest BCUT2D eigenvalue weighted by Gasteiger charge is -2.24. The van der Waals surface area contributed by atoms with Crippen molar-refractivity contribution in [2.75, 3.05) is 0 Å². The van der Waals surface area contributed by atoms with Crippen LogP contribution < -0.4 is 0 Å². The van der Waals surface area contributed by atoms with E-state index in [0.29, 0.717) is 51.7 Å². The SMILES string of the molecule is CC(C)(CCCC(O)CCCC(O)CCCC(C)(C)CC(=O)OCc1ccccc1)CC(=O)OCc1ccccc1. The molecule has 0 radical (unpaired) electrons. The van der Waals surface area contributed by atoms with Crippen LogP contribution in [-0.2, 0) is 32.3 Å². The van der Waals surface area contributed by atoms with Crippen LogP contribution in [0.3, 0.4) is 0 Å². The summed E-state index contributed by atoms with van der Waals surface area (Å²) in [6.07, 6.45) is 6.73. The summed E-state index contributed by atoms with van der Waals surface area (Å²) in [7, 11) is 0. The van der Waals surface area contributed by atoms with Gasteiger partial charge in [0, 0.05) is 0 Å². The number of rotatable bonds is 20. The number of ether oxygens (including phenoxy) is 2. The van der Waals surface area contributed by atoms with E-state index in [2.05, 4.69) is 27.7 Å². The van der Waals surface area contributed by atoms with Gasteiger partial charge in [0.15, 0.2) is 0 Å². The second-order valence-electron chi connectivity index (χ2n) is 13.0. The quantitative estimate of drug-likeness (QED) is 0.160. The molecule has 228 valence electrons. The van der Waals surface area contributed by atoms with E-state index < -0.39 is 12.2 Å². The summed E-state index contributed by atoms with van der Waals surface area (Å²) < 4.78 is 10.8. The zero-order valence-electron chi connectivity index (χ0n) is 25.6. The molecular formula is C35H52O6. The van der Waals surface area contributed by atoms with Gasteiger partial charge in [0.05, 0.1) is 25.0 Å². The van der Waals surface area contributed by atoms with Crippen LogP contribution in [0, 0.1) is 10.8 Å². The summed E-state index contributed by atoms with van der Waals surface area (Å²) in [4.78, 5) is 24.5. The van der Waals surface area contributed by atoms with Crippen molar-refractivity contribution in [1.82, 2.24) is 0 Å². The molecule has 6 nitrogen and oxygen atoms in total. The molecule has 41 heavy (non-hydrogen) atoms. The van der Waals surface area contributed by atoms with Gasteiger partial charge in [-0.15, -0.1) is 0 Å². The number of aliphatic hydroxyl groups excluding tert-OH is 2. The molecule has 0 bridgehead atoms. The van der Waals surface area contributed by atoms with E-state index in [-0.39, 0.29) is 22.8 Å². The van der Waals surface area contributed by atoms with Gasteiger partial charge in [-0.3, -0.25) is 9.59 Å². The first-order chi connectivity index (χ1) is 19.4. The Labute approximate surface area is 247 Å². The van der Waals surface area contributed by atoms with Crippen LogP contribution in [0.15, 0.2) is 60.7 Å². The van der Waals surface area contributed by atoms with E-state index in [9.17, 15) is 19.8 Å². The molecule has 2 rings (SSSR count). The molecule has 0 heterocycles. The number of aliphatic hydroxyl groups is 2. The molecule has 0 aliphatic heterocycles. The van der Waals surface area contributed by atoms with Gasteiger partial charge in [-0.2, -0.15) is 0 Å². The smallest absolute Gasteiger partial charge is 0.306 e. The van der Waals surface area contributed by atoms with Gasteiger partial charge in [-0.05, 0) is 66.9 Å². The average molecular weight is 569 g/mol. The normalized spacial score (nSPS) is 13.4. The lowest BCUT2D eigenvalue weighted by atomic mass is 9.83. The van der Waals surface area contributed by atoms with E-state index >= 15 is 0 Å². The van der Waals surface area contributed by atoms with Gasteiger partial charge >= 0.3 is 11.9 Å². The Hall–Kier alpha value is -2.70. The molecule has 0 spiro atoms. The van der Waals surface area contributed by atoms with Crippen LogP contribution in [0.2, 0.25) is 0 Å². The Morgan fingerprint density at radius 3 is 1.32 bits per heavy atom. The molecular weight excluding hydrogens is 516 g/mol. The van der Waals surface area contributed by atoms with E-state index in [4.69, 9.17) is 9.47 Å². The fourth-order valence-electron chi connectivity index (χ4n) is 5.05. The number of hydrogen-bond donors (Lipinski definition) is 2. The largest absolute Gasteiger partial charge is 0.461 e. The van der Waals surface area contributed by atoms with Gasteiger partial charge in [-0.25, -0.2) is 0 Å². The fraction of sp³-hybridized carbons (Fsp3) is 0.600. The first-order valence-electron chi connectivity index (χ1n) is 15.2. The lowest BCUT2D eigenvalue weighted by Crippen LogP contribution is -2.20. The van der Waals surface area contributed by atoms with Crippen LogP contribution in [0.25, 0.3) is 0 Å². The summed E-state index contributed by atoms with van der Waals surface area (Å²) in [5.41, 5.74) is 1.59.